The van der Waals surface area contributed by atoms with E-state index in [9.17, 15) is 14.4 Å². The number of methoxy groups -OCH3 is 1. The smallest absolute Gasteiger partial charge is 0.328 e. The van der Waals surface area contributed by atoms with Crippen molar-refractivity contribution in [3.05, 3.63) is 28.1 Å². The number of carbonyl (C=O) groups is 2. The summed E-state index contributed by atoms with van der Waals surface area (Å²) in [6.45, 7) is 3.58. The normalized spacial score (nSPS) is 13.5. The minimum atomic E-state index is -0.731. The van der Waals surface area contributed by atoms with Crippen LogP contribution in [0.3, 0.4) is 0 Å². The minimum Gasteiger partial charge on any atom is -0.467 e. The van der Waals surface area contributed by atoms with E-state index in [-0.39, 0.29) is 18.0 Å². The fourth-order valence-corrected chi connectivity index (χ4v) is 2.90. The molecule has 0 saturated carbocycles. The topological polar surface area (TPSA) is 90.3 Å². The Labute approximate surface area is 137 Å². The third-order valence-corrected chi connectivity index (χ3v) is 4.57. The van der Waals surface area contributed by atoms with Gasteiger partial charge in [-0.05, 0) is 17.4 Å². The molecule has 2 atom stereocenters. The monoisotopic (exact) mass is 337 g/mol. The molecule has 0 aliphatic rings. The Morgan fingerprint density at radius 1 is 1.48 bits per heavy atom. The van der Waals surface area contributed by atoms with Crippen molar-refractivity contribution in [3.8, 4) is 0 Å². The first-order chi connectivity index (χ1) is 11.0. The molecule has 0 spiro atoms. The Kier molecular flexibility index (Phi) is 5.49. The summed E-state index contributed by atoms with van der Waals surface area (Å²) >= 11 is 1.37. The Morgan fingerprint density at radius 2 is 2.22 bits per heavy atom. The van der Waals surface area contributed by atoms with E-state index in [1.54, 1.807) is 11.4 Å². The van der Waals surface area contributed by atoms with Gasteiger partial charge in [0.15, 0.2) is 0 Å². The first-order valence-corrected chi connectivity index (χ1v) is 8.15. The summed E-state index contributed by atoms with van der Waals surface area (Å²) in [6, 6.07) is 0.950. The van der Waals surface area contributed by atoms with Crippen LogP contribution in [0.25, 0.3) is 10.2 Å². The predicted molar refractivity (Wildman–Crippen MR) is 87.3 cm³/mol. The number of carbonyl (C=O) groups excluding carboxylic acids is 2. The number of fused-ring (bicyclic) bond motifs is 1. The molecule has 0 aliphatic heterocycles. The molecule has 8 heteroatoms. The molecule has 2 rings (SSSR count). The summed E-state index contributed by atoms with van der Waals surface area (Å²) in [7, 11) is 1.28. The first-order valence-electron chi connectivity index (χ1n) is 7.27. The van der Waals surface area contributed by atoms with Gasteiger partial charge in [-0.15, -0.1) is 11.3 Å². The lowest BCUT2D eigenvalue weighted by atomic mass is 9.99. The van der Waals surface area contributed by atoms with Crippen LogP contribution in [0.5, 0.6) is 0 Å². The van der Waals surface area contributed by atoms with Crippen LogP contribution in [0.4, 0.5) is 0 Å². The number of nitrogens with zero attached hydrogens (tertiary/aromatic N) is 2. The fourth-order valence-electron chi connectivity index (χ4n) is 2.18. The molecule has 1 N–H and O–H groups in total. The zero-order valence-corrected chi connectivity index (χ0v) is 14.1. The molecular weight excluding hydrogens is 318 g/mol. The maximum absolute atomic E-state index is 12.2. The van der Waals surface area contributed by atoms with Gasteiger partial charge in [-0.3, -0.25) is 14.2 Å². The summed E-state index contributed by atoms with van der Waals surface area (Å²) in [4.78, 5) is 41.0. The summed E-state index contributed by atoms with van der Waals surface area (Å²) in [5.41, 5.74) is -0.274. The van der Waals surface area contributed by atoms with E-state index in [1.807, 2.05) is 13.8 Å². The molecule has 2 heterocycles. The van der Waals surface area contributed by atoms with Gasteiger partial charge in [0.25, 0.3) is 5.56 Å². The van der Waals surface area contributed by atoms with Crippen molar-refractivity contribution in [3.63, 3.8) is 0 Å². The lowest BCUT2D eigenvalue weighted by Crippen LogP contribution is -2.47. The summed E-state index contributed by atoms with van der Waals surface area (Å²) in [5, 5.41) is 4.90. The highest BCUT2D eigenvalue weighted by atomic mass is 32.1. The van der Waals surface area contributed by atoms with Crippen molar-refractivity contribution >= 4 is 33.4 Å². The number of amides is 1. The van der Waals surface area contributed by atoms with E-state index in [1.165, 1.54) is 29.3 Å². The maximum atomic E-state index is 12.2. The molecule has 2 unspecified atom stereocenters. The molecule has 0 aliphatic carbocycles. The Balaban J connectivity index is 2.14. The highest BCUT2D eigenvalue weighted by Crippen LogP contribution is 2.13. The maximum Gasteiger partial charge on any atom is 0.328 e. The van der Waals surface area contributed by atoms with Crippen LogP contribution in [-0.4, -0.2) is 34.6 Å². The van der Waals surface area contributed by atoms with Crippen LogP contribution >= 0.6 is 11.3 Å². The number of thiophene rings is 1. The number of ether oxygens (including phenoxy) is 1. The molecule has 124 valence electrons. The van der Waals surface area contributed by atoms with Crippen LogP contribution in [0.2, 0.25) is 0 Å². The molecule has 2 aromatic rings. The zero-order chi connectivity index (χ0) is 17.0. The molecule has 2 aromatic heterocycles. The lowest BCUT2D eigenvalue weighted by Gasteiger charge is -2.21. The second-order valence-corrected chi connectivity index (χ2v) is 6.17. The Bertz CT molecular complexity index is 767. The van der Waals surface area contributed by atoms with Crippen LogP contribution in [0.1, 0.15) is 20.3 Å². The third kappa shape index (κ3) is 3.76. The highest BCUT2D eigenvalue weighted by Gasteiger charge is 2.26. The van der Waals surface area contributed by atoms with Crippen molar-refractivity contribution in [2.45, 2.75) is 32.9 Å². The van der Waals surface area contributed by atoms with E-state index in [2.05, 4.69) is 10.3 Å². The average molecular weight is 337 g/mol. The van der Waals surface area contributed by atoms with E-state index >= 15 is 0 Å². The second-order valence-electron chi connectivity index (χ2n) is 5.27. The van der Waals surface area contributed by atoms with Gasteiger partial charge in [0.05, 0.1) is 18.8 Å². The van der Waals surface area contributed by atoms with Crippen LogP contribution < -0.4 is 10.9 Å². The molecule has 1 amide bonds. The minimum absolute atomic E-state index is 0.0689. The van der Waals surface area contributed by atoms with E-state index < -0.39 is 17.9 Å². The van der Waals surface area contributed by atoms with Gasteiger partial charge in [0.2, 0.25) is 5.91 Å². The molecule has 0 fully saturated rings. The second kappa shape index (κ2) is 7.36. The molecule has 7 nitrogen and oxygen atoms in total. The third-order valence-electron chi connectivity index (χ3n) is 3.75. The number of rotatable bonds is 6. The number of esters is 1. The van der Waals surface area contributed by atoms with Crippen molar-refractivity contribution in [2.24, 2.45) is 5.92 Å². The number of aromatic nitrogens is 2. The molecule has 23 heavy (non-hydrogen) atoms. The number of hydrogen-bond acceptors (Lipinski definition) is 6. The van der Waals surface area contributed by atoms with E-state index in [4.69, 9.17) is 4.74 Å². The van der Waals surface area contributed by atoms with Crippen molar-refractivity contribution in [2.75, 3.05) is 7.11 Å². The summed E-state index contributed by atoms with van der Waals surface area (Å²) < 4.78 is 5.96. The van der Waals surface area contributed by atoms with Gasteiger partial charge in [-0.1, -0.05) is 20.3 Å². The van der Waals surface area contributed by atoms with Crippen molar-refractivity contribution in [1.29, 1.82) is 0 Å². The zero-order valence-electron chi connectivity index (χ0n) is 13.2. The number of hydrogen-bond donors (Lipinski definition) is 1. The van der Waals surface area contributed by atoms with Gasteiger partial charge in [0.1, 0.15) is 17.4 Å². The molecular formula is C15H19N3O4S. The van der Waals surface area contributed by atoms with Gasteiger partial charge >= 0.3 is 5.97 Å². The standard InChI is InChI=1S/C15H19N3O4S/c1-4-9(2)12(15(21)22-3)17-11(19)7-18-8-16-13-10(14(18)20)5-6-23-13/h5-6,8-9,12H,4,7H2,1-3H3,(H,17,19). The van der Waals surface area contributed by atoms with Crippen molar-refractivity contribution < 1.29 is 14.3 Å². The van der Waals surface area contributed by atoms with Crippen LogP contribution in [0, 0.1) is 5.92 Å². The van der Waals surface area contributed by atoms with Gasteiger partial charge < -0.3 is 10.1 Å². The average Bonchev–Trinajstić information content (AvgIpc) is 3.03. The van der Waals surface area contributed by atoms with Gasteiger partial charge in [-0.2, -0.15) is 0 Å². The van der Waals surface area contributed by atoms with Crippen molar-refractivity contribution in [1.82, 2.24) is 14.9 Å². The fraction of sp³-hybridized carbons (Fsp3) is 0.467. The molecule has 0 aromatic carbocycles. The summed E-state index contributed by atoms with van der Waals surface area (Å²) in [5.74, 6) is -0.994. The lowest BCUT2D eigenvalue weighted by molar-refractivity contribution is -0.146. The Hall–Kier alpha value is -2.22. The molecule has 0 saturated heterocycles. The Morgan fingerprint density at radius 3 is 2.87 bits per heavy atom. The van der Waals surface area contributed by atoms with Gasteiger partial charge in [-0.25, -0.2) is 9.78 Å². The van der Waals surface area contributed by atoms with E-state index in [0.717, 1.165) is 0 Å². The quantitative estimate of drug-likeness (QED) is 0.799. The van der Waals surface area contributed by atoms with Crippen LogP contribution in [-0.2, 0) is 20.9 Å². The predicted octanol–water partition coefficient (Wildman–Crippen LogP) is 1.16. The number of nitrogens with one attached hydrogen (secondary N) is 1. The molecule has 0 radical (unpaired) electrons. The van der Waals surface area contributed by atoms with Crippen LogP contribution in [0.15, 0.2) is 22.6 Å². The molecule has 0 bridgehead atoms. The largest absolute Gasteiger partial charge is 0.467 e. The first kappa shape index (κ1) is 17.1. The highest BCUT2D eigenvalue weighted by molar-refractivity contribution is 7.16. The van der Waals surface area contributed by atoms with E-state index in [0.29, 0.717) is 16.6 Å². The summed E-state index contributed by atoms with van der Waals surface area (Å²) in [6.07, 6.45) is 2.06. The van der Waals surface area contributed by atoms with Gasteiger partial charge in [0, 0.05) is 0 Å². The SMILES string of the molecule is CCC(C)C(NC(=O)Cn1cnc2sccc2c1=O)C(=O)OC.